The van der Waals surface area contributed by atoms with Crippen LogP contribution in [-0.2, 0) is 14.8 Å². The lowest BCUT2D eigenvalue weighted by molar-refractivity contribution is -0.142. The molecule has 1 atom stereocenters. The van der Waals surface area contributed by atoms with Gasteiger partial charge in [0.2, 0.25) is 15.9 Å². The topological polar surface area (TPSA) is 66.9 Å². The highest BCUT2D eigenvalue weighted by Gasteiger charge is 2.44. The van der Waals surface area contributed by atoms with Gasteiger partial charge in [0.05, 0.1) is 16.9 Å². The van der Waals surface area contributed by atoms with Crippen LogP contribution in [0.1, 0.15) is 33.1 Å². The molecule has 0 spiro atoms. The highest BCUT2D eigenvalue weighted by atomic mass is 32.2. The third-order valence-electron chi connectivity index (χ3n) is 4.85. The molecule has 0 saturated carbocycles. The molecule has 1 unspecified atom stereocenters. The van der Waals surface area contributed by atoms with Gasteiger partial charge in [0.1, 0.15) is 5.75 Å². The first-order valence-corrected chi connectivity index (χ1v) is 10.2. The number of hydrogen-bond acceptors (Lipinski definition) is 4. The molecule has 6 nitrogen and oxygen atoms in total. The Hall–Kier alpha value is -1.60. The Balaban J connectivity index is 2.28. The Bertz CT molecular complexity index is 700. The SMILES string of the molecule is CCOc1ccc(S(=O)(=O)N2CCCC(CC)(C(=O)N(C)C)C2)cc1. The largest absolute Gasteiger partial charge is 0.494 e. The van der Waals surface area contributed by atoms with Crippen LogP contribution in [0.4, 0.5) is 0 Å². The van der Waals surface area contributed by atoms with Gasteiger partial charge in [-0.3, -0.25) is 4.79 Å². The number of carbonyl (C=O) groups excluding carboxylic acids is 1. The second kappa shape index (κ2) is 7.74. The molecule has 1 amide bonds. The normalized spacial score (nSPS) is 21.8. The lowest BCUT2D eigenvalue weighted by Gasteiger charge is -2.41. The summed E-state index contributed by atoms with van der Waals surface area (Å²) in [6.07, 6.45) is 2.03. The molecule has 7 heteroatoms. The van der Waals surface area contributed by atoms with Crippen molar-refractivity contribution in [1.29, 1.82) is 0 Å². The van der Waals surface area contributed by atoms with Crippen molar-refractivity contribution in [2.45, 2.75) is 38.0 Å². The standard InChI is InChI=1S/C18H28N2O4S/c1-5-18(17(21)19(3)4)12-7-13-20(14-18)25(22,23)16-10-8-15(9-11-16)24-6-2/h8-11H,5-7,12-14H2,1-4H3. The Morgan fingerprint density at radius 1 is 1.24 bits per heavy atom. The van der Waals surface area contributed by atoms with Gasteiger partial charge >= 0.3 is 0 Å². The van der Waals surface area contributed by atoms with E-state index >= 15 is 0 Å². The van der Waals surface area contributed by atoms with Crippen LogP contribution in [0.3, 0.4) is 0 Å². The van der Waals surface area contributed by atoms with E-state index in [4.69, 9.17) is 4.74 Å². The molecule has 0 bridgehead atoms. The van der Waals surface area contributed by atoms with Gasteiger partial charge in [-0.1, -0.05) is 6.92 Å². The van der Waals surface area contributed by atoms with Crippen LogP contribution in [0.2, 0.25) is 0 Å². The molecule has 0 aliphatic carbocycles. The Labute approximate surface area is 150 Å². The summed E-state index contributed by atoms with van der Waals surface area (Å²) in [5.41, 5.74) is -0.639. The summed E-state index contributed by atoms with van der Waals surface area (Å²) in [6.45, 7) is 5.04. The molecule has 1 fully saturated rings. The second-order valence-corrected chi connectivity index (χ2v) is 8.62. The highest BCUT2D eigenvalue weighted by molar-refractivity contribution is 7.89. The Kier molecular flexibility index (Phi) is 6.11. The van der Waals surface area contributed by atoms with Crippen molar-refractivity contribution in [2.24, 2.45) is 5.41 Å². The zero-order chi connectivity index (χ0) is 18.7. The van der Waals surface area contributed by atoms with Gasteiger partial charge in [0.25, 0.3) is 0 Å². The Morgan fingerprint density at radius 2 is 1.88 bits per heavy atom. The number of sulfonamides is 1. The van der Waals surface area contributed by atoms with Crippen molar-refractivity contribution in [1.82, 2.24) is 9.21 Å². The number of piperidine rings is 1. The minimum atomic E-state index is -3.63. The zero-order valence-electron chi connectivity index (χ0n) is 15.5. The summed E-state index contributed by atoms with van der Waals surface area (Å²) in [5.74, 6) is 0.646. The van der Waals surface area contributed by atoms with Crippen molar-refractivity contribution in [3.8, 4) is 5.75 Å². The third-order valence-corrected chi connectivity index (χ3v) is 6.71. The summed E-state index contributed by atoms with van der Waals surface area (Å²) < 4.78 is 32.8. The summed E-state index contributed by atoms with van der Waals surface area (Å²) in [6, 6.07) is 6.46. The number of rotatable bonds is 6. The molecule has 1 saturated heterocycles. The fourth-order valence-electron chi connectivity index (χ4n) is 3.41. The molecule has 25 heavy (non-hydrogen) atoms. The van der Waals surface area contributed by atoms with Gasteiger partial charge in [0, 0.05) is 27.2 Å². The van der Waals surface area contributed by atoms with E-state index in [0.717, 1.165) is 6.42 Å². The maximum atomic E-state index is 13.0. The molecule has 1 aliphatic rings. The summed E-state index contributed by atoms with van der Waals surface area (Å²) in [5, 5.41) is 0. The average Bonchev–Trinajstić information content (AvgIpc) is 2.61. The zero-order valence-corrected chi connectivity index (χ0v) is 16.3. The number of amides is 1. The van der Waals surface area contributed by atoms with Crippen molar-refractivity contribution in [3.05, 3.63) is 24.3 Å². The number of carbonyl (C=O) groups is 1. The van der Waals surface area contributed by atoms with Crippen LogP contribution in [0.15, 0.2) is 29.2 Å². The third kappa shape index (κ3) is 3.98. The lowest BCUT2D eigenvalue weighted by atomic mass is 9.77. The van der Waals surface area contributed by atoms with Crippen LogP contribution in [0.5, 0.6) is 5.75 Å². The van der Waals surface area contributed by atoms with Crippen molar-refractivity contribution in [3.63, 3.8) is 0 Å². The van der Waals surface area contributed by atoms with Crippen LogP contribution in [0.25, 0.3) is 0 Å². The van der Waals surface area contributed by atoms with Crippen LogP contribution in [0, 0.1) is 5.41 Å². The van der Waals surface area contributed by atoms with Gasteiger partial charge in [-0.2, -0.15) is 4.31 Å². The van der Waals surface area contributed by atoms with Gasteiger partial charge in [-0.15, -0.1) is 0 Å². The highest BCUT2D eigenvalue weighted by Crippen LogP contribution is 2.37. The molecule has 1 aliphatic heterocycles. The fourth-order valence-corrected chi connectivity index (χ4v) is 4.97. The molecule has 2 rings (SSSR count). The van der Waals surface area contributed by atoms with Crippen molar-refractivity contribution >= 4 is 15.9 Å². The van der Waals surface area contributed by atoms with E-state index in [1.54, 1.807) is 43.3 Å². The maximum Gasteiger partial charge on any atom is 0.243 e. The quantitative estimate of drug-likeness (QED) is 0.773. The van der Waals surface area contributed by atoms with E-state index in [1.165, 1.54) is 4.31 Å². The predicted octanol–water partition coefficient (Wildman–Crippen LogP) is 2.35. The molecule has 1 aromatic carbocycles. The van der Waals surface area contributed by atoms with E-state index in [9.17, 15) is 13.2 Å². The molecule has 0 N–H and O–H groups in total. The maximum absolute atomic E-state index is 13.0. The molecule has 1 heterocycles. The first-order chi connectivity index (χ1) is 11.8. The van der Waals surface area contributed by atoms with Gasteiger partial charge in [-0.25, -0.2) is 8.42 Å². The van der Waals surface area contributed by atoms with Gasteiger partial charge in [-0.05, 0) is 50.5 Å². The average molecular weight is 368 g/mol. The van der Waals surface area contributed by atoms with Crippen LogP contribution in [-0.4, -0.2) is 57.3 Å². The van der Waals surface area contributed by atoms with Crippen molar-refractivity contribution in [2.75, 3.05) is 33.8 Å². The van der Waals surface area contributed by atoms with E-state index in [1.807, 2.05) is 13.8 Å². The van der Waals surface area contributed by atoms with E-state index in [2.05, 4.69) is 0 Å². The summed E-state index contributed by atoms with van der Waals surface area (Å²) >= 11 is 0. The summed E-state index contributed by atoms with van der Waals surface area (Å²) in [7, 11) is -0.183. The van der Waals surface area contributed by atoms with E-state index < -0.39 is 15.4 Å². The van der Waals surface area contributed by atoms with Crippen LogP contribution >= 0.6 is 0 Å². The number of ether oxygens (including phenoxy) is 1. The van der Waals surface area contributed by atoms with Gasteiger partial charge < -0.3 is 9.64 Å². The lowest BCUT2D eigenvalue weighted by Crippen LogP contribution is -2.52. The van der Waals surface area contributed by atoms with Crippen LogP contribution < -0.4 is 4.74 Å². The minimum Gasteiger partial charge on any atom is -0.494 e. The summed E-state index contributed by atoms with van der Waals surface area (Å²) in [4.78, 5) is 14.5. The second-order valence-electron chi connectivity index (χ2n) is 6.68. The molecule has 140 valence electrons. The minimum absolute atomic E-state index is 0.00148. The number of hydrogen-bond donors (Lipinski definition) is 0. The smallest absolute Gasteiger partial charge is 0.243 e. The number of nitrogens with zero attached hydrogens (tertiary/aromatic N) is 2. The molecule has 1 aromatic rings. The monoisotopic (exact) mass is 368 g/mol. The van der Waals surface area contributed by atoms with Gasteiger partial charge in [0.15, 0.2) is 0 Å². The van der Waals surface area contributed by atoms with E-state index in [-0.39, 0.29) is 17.3 Å². The molecule has 0 radical (unpaired) electrons. The van der Waals surface area contributed by atoms with Crippen molar-refractivity contribution < 1.29 is 17.9 Å². The first-order valence-electron chi connectivity index (χ1n) is 8.71. The Morgan fingerprint density at radius 3 is 2.40 bits per heavy atom. The van der Waals surface area contributed by atoms with E-state index in [0.29, 0.717) is 31.7 Å². The predicted molar refractivity (Wildman–Crippen MR) is 97.0 cm³/mol. The molecular formula is C18H28N2O4S. The molecule has 0 aromatic heterocycles. The first kappa shape index (κ1) is 19.7. The number of benzene rings is 1. The fraction of sp³-hybridized carbons (Fsp3) is 0.611. The molecular weight excluding hydrogens is 340 g/mol.